The first kappa shape index (κ1) is 23.1. The van der Waals surface area contributed by atoms with E-state index in [0.717, 1.165) is 22.2 Å². The summed E-state index contributed by atoms with van der Waals surface area (Å²) in [6.07, 6.45) is 2.42. The highest BCUT2D eigenvalue weighted by Crippen LogP contribution is 2.30. The molecule has 1 fully saturated rings. The second-order valence-electron chi connectivity index (χ2n) is 6.93. The number of aromatic nitrogens is 3. The van der Waals surface area contributed by atoms with Crippen LogP contribution >= 0.6 is 23.1 Å². The van der Waals surface area contributed by atoms with Crippen LogP contribution in [0, 0.1) is 10.1 Å². The van der Waals surface area contributed by atoms with Gasteiger partial charge in [0.25, 0.3) is 5.91 Å². The number of anilines is 1. The Labute approximate surface area is 194 Å². The number of nitro groups is 1. The fourth-order valence-electron chi connectivity index (χ4n) is 3.34. The minimum atomic E-state index is -4.08. The van der Waals surface area contributed by atoms with Crippen molar-refractivity contribution in [3.8, 4) is 0 Å². The first-order valence-electron chi connectivity index (χ1n) is 9.57. The number of sulfonamides is 1. The van der Waals surface area contributed by atoms with Gasteiger partial charge in [-0.05, 0) is 42.7 Å². The van der Waals surface area contributed by atoms with Crippen LogP contribution in [-0.2, 0) is 24.3 Å². The highest BCUT2D eigenvalue weighted by molar-refractivity contribution is 7.89. The molecule has 174 valence electrons. The molecule has 1 amide bonds. The van der Waals surface area contributed by atoms with E-state index in [-0.39, 0.29) is 33.5 Å². The summed E-state index contributed by atoms with van der Waals surface area (Å²) in [6, 6.07) is 3.52. The van der Waals surface area contributed by atoms with Gasteiger partial charge < -0.3 is 4.74 Å². The van der Waals surface area contributed by atoms with Gasteiger partial charge in [-0.3, -0.25) is 25.0 Å². The number of ether oxygens (including phenoxy) is 1. The van der Waals surface area contributed by atoms with E-state index >= 15 is 0 Å². The Morgan fingerprint density at radius 1 is 1.30 bits per heavy atom. The van der Waals surface area contributed by atoms with Gasteiger partial charge in [0.05, 0.1) is 16.7 Å². The van der Waals surface area contributed by atoms with E-state index in [2.05, 4.69) is 19.0 Å². The second kappa shape index (κ2) is 9.42. The van der Waals surface area contributed by atoms with Gasteiger partial charge in [0.15, 0.2) is 11.7 Å². The number of carbonyl (C=O) groups excluding carboxylic acids is 2. The number of nitrogens with one attached hydrogen (secondary N) is 1. The van der Waals surface area contributed by atoms with E-state index < -0.39 is 39.5 Å². The van der Waals surface area contributed by atoms with Gasteiger partial charge in [-0.15, -0.1) is 0 Å². The molecule has 1 N–H and O–H groups in total. The van der Waals surface area contributed by atoms with Gasteiger partial charge in [-0.1, -0.05) is 6.07 Å². The van der Waals surface area contributed by atoms with Crippen LogP contribution in [0.4, 0.5) is 10.1 Å². The fraction of sp³-hybridized carbons (Fsp3) is 0.353. The number of esters is 1. The molecule has 0 bridgehead atoms. The van der Waals surface area contributed by atoms with Crippen molar-refractivity contribution in [3.63, 3.8) is 0 Å². The van der Waals surface area contributed by atoms with Gasteiger partial charge in [0.2, 0.25) is 10.0 Å². The summed E-state index contributed by atoms with van der Waals surface area (Å²) in [5.74, 6) is -1.61. The number of carbonyl (C=O) groups is 2. The number of thiazole rings is 1. The van der Waals surface area contributed by atoms with Crippen molar-refractivity contribution in [1.82, 2.24) is 18.0 Å². The largest absolute Gasteiger partial charge is 0.454 e. The minimum Gasteiger partial charge on any atom is -0.454 e. The molecule has 2 aromatic heterocycles. The molecule has 1 aliphatic heterocycles. The maximum Gasteiger partial charge on any atom is 0.345 e. The molecule has 4 rings (SSSR count). The third-order valence-corrected chi connectivity index (χ3v) is 8.17. The molecule has 0 saturated carbocycles. The lowest BCUT2D eigenvalue weighted by Gasteiger charge is -2.32. The Hall–Kier alpha value is -3.08. The van der Waals surface area contributed by atoms with Crippen LogP contribution in [0.3, 0.4) is 0 Å². The number of fused-ring (bicyclic) bond motifs is 1. The predicted octanol–water partition coefficient (Wildman–Crippen LogP) is 1.78. The number of piperidine rings is 1. The smallest absolute Gasteiger partial charge is 0.345 e. The molecule has 1 atom stereocenters. The van der Waals surface area contributed by atoms with Crippen molar-refractivity contribution in [2.45, 2.75) is 30.2 Å². The van der Waals surface area contributed by atoms with Gasteiger partial charge in [0, 0.05) is 6.54 Å². The number of rotatable bonds is 7. The van der Waals surface area contributed by atoms with Crippen LogP contribution in [0.2, 0.25) is 0 Å². The molecular weight excluding hydrogens is 496 g/mol. The Kier molecular flexibility index (Phi) is 6.59. The van der Waals surface area contributed by atoms with Crippen LogP contribution in [0.25, 0.3) is 11.0 Å². The molecule has 3 heterocycles. The number of nitrogens with zero attached hydrogens (tertiary/aromatic N) is 5. The Bertz CT molecular complexity index is 1320. The van der Waals surface area contributed by atoms with E-state index in [9.17, 15) is 28.1 Å². The SMILES string of the molecule is O=C(COC(=O)C1CCCCN1S(=O)(=O)c1cccc2nsnc12)Nc1ncc([N+](=O)[O-])s1. The van der Waals surface area contributed by atoms with E-state index in [4.69, 9.17) is 4.74 Å². The van der Waals surface area contributed by atoms with Crippen molar-refractivity contribution >= 4 is 66.1 Å². The van der Waals surface area contributed by atoms with E-state index in [0.29, 0.717) is 29.7 Å². The van der Waals surface area contributed by atoms with Gasteiger partial charge >= 0.3 is 11.0 Å². The highest BCUT2D eigenvalue weighted by atomic mass is 32.2. The number of amides is 1. The first-order chi connectivity index (χ1) is 15.8. The van der Waals surface area contributed by atoms with Crippen LogP contribution in [0.1, 0.15) is 19.3 Å². The summed E-state index contributed by atoms with van der Waals surface area (Å²) in [5, 5.41) is 12.7. The molecule has 1 aromatic carbocycles. The molecule has 33 heavy (non-hydrogen) atoms. The zero-order chi connectivity index (χ0) is 23.6. The normalized spacial score (nSPS) is 17.0. The maximum atomic E-state index is 13.4. The summed E-state index contributed by atoms with van der Waals surface area (Å²) in [7, 11) is -4.08. The molecule has 16 heteroatoms. The standard InChI is InChI=1S/C17H16N6O7S3/c24-13(19-17-18-8-14(31-17)23(26)27)9-30-16(25)11-5-1-2-7-22(11)33(28,29)12-6-3-4-10-15(12)21-32-20-10/h3-4,6,8,11H,1-2,5,7,9H2,(H,18,19,24). The van der Waals surface area contributed by atoms with Gasteiger partial charge in [0.1, 0.15) is 28.2 Å². The van der Waals surface area contributed by atoms with Crippen molar-refractivity contribution in [2.75, 3.05) is 18.5 Å². The zero-order valence-corrected chi connectivity index (χ0v) is 19.2. The highest BCUT2D eigenvalue weighted by Gasteiger charge is 2.39. The lowest BCUT2D eigenvalue weighted by molar-refractivity contribution is -0.380. The number of hydrogen-bond acceptors (Lipinski definition) is 12. The Balaban J connectivity index is 1.45. The van der Waals surface area contributed by atoms with Gasteiger partial charge in [-0.2, -0.15) is 13.1 Å². The third kappa shape index (κ3) is 4.82. The summed E-state index contributed by atoms with van der Waals surface area (Å²) < 4.78 is 41.0. The van der Waals surface area contributed by atoms with E-state index in [1.54, 1.807) is 12.1 Å². The Morgan fingerprint density at radius 2 is 2.12 bits per heavy atom. The van der Waals surface area contributed by atoms with E-state index in [1.165, 1.54) is 6.07 Å². The summed E-state index contributed by atoms with van der Waals surface area (Å²) >= 11 is 1.55. The van der Waals surface area contributed by atoms with E-state index in [1.807, 2.05) is 0 Å². The number of hydrogen-bond donors (Lipinski definition) is 1. The molecule has 1 unspecified atom stereocenters. The first-order valence-corrected chi connectivity index (χ1v) is 12.6. The molecule has 13 nitrogen and oxygen atoms in total. The lowest BCUT2D eigenvalue weighted by atomic mass is 10.1. The lowest BCUT2D eigenvalue weighted by Crippen LogP contribution is -2.48. The quantitative estimate of drug-likeness (QED) is 0.279. The molecule has 0 spiro atoms. The fourth-order valence-corrected chi connectivity index (χ4v) is 6.39. The monoisotopic (exact) mass is 512 g/mol. The second-order valence-corrected chi connectivity index (χ2v) is 10.3. The summed E-state index contributed by atoms with van der Waals surface area (Å²) in [5.41, 5.74) is 0.674. The van der Waals surface area contributed by atoms with Crippen molar-refractivity contribution in [3.05, 3.63) is 34.5 Å². The van der Waals surface area contributed by atoms with Crippen molar-refractivity contribution in [2.24, 2.45) is 0 Å². The van der Waals surface area contributed by atoms with Crippen molar-refractivity contribution in [1.29, 1.82) is 0 Å². The third-order valence-electron chi connectivity index (χ3n) is 4.83. The maximum absolute atomic E-state index is 13.4. The predicted molar refractivity (Wildman–Crippen MR) is 117 cm³/mol. The number of benzene rings is 1. The minimum absolute atomic E-state index is 0.0189. The average Bonchev–Trinajstić information content (AvgIpc) is 3.47. The molecule has 1 saturated heterocycles. The molecule has 0 radical (unpaired) electrons. The van der Waals surface area contributed by atoms with Crippen molar-refractivity contribution < 1.29 is 27.7 Å². The topological polar surface area (TPSA) is 175 Å². The van der Waals surface area contributed by atoms with Gasteiger partial charge in [-0.25, -0.2) is 13.4 Å². The molecule has 0 aliphatic carbocycles. The van der Waals surface area contributed by atoms with Crippen LogP contribution in [0.5, 0.6) is 0 Å². The Morgan fingerprint density at radius 3 is 2.88 bits per heavy atom. The summed E-state index contributed by atoms with van der Waals surface area (Å²) in [4.78, 5) is 38.5. The summed E-state index contributed by atoms with van der Waals surface area (Å²) in [6.45, 7) is -0.576. The zero-order valence-electron chi connectivity index (χ0n) is 16.7. The molecule has 3 aromatic rings. The molecule has 1 aliphatic rings. The van der Waals surface area contributed by atoms with Crippen LogP contribution < -0.4 is 5.32 Å². The molecular formula is C17H16N6O7S3. The average molecular weight is 513 g/mol. The van der Waals surface area contributed by atoms with Crippen LogP contribution in [0.15, 0.2) is 29.3 Å². The van der Waals surface area contributed by atoms with Crippen LogP contribution in [-0.4, -0.2) is 62.4 Å².